The van der Waals surface area contributed by atoms with Gasteiger partial charge in [-0.25, -0.2) is 0 Å². The molecule has 1 aromatic heterocycles. The molecule has 0 saturated carbocycles. The lowest BCUT2D eigenvalue weighted by Gasteiger charge is -2.40. The van der Waals surface area contributed by atoms with Crippen molar-refractivity contribution in [3.63, 3.8) is 0 Å². The van der Waals surface area contributed by atoms with Crippen molar-refractivity contribution < 1.29 is 9.53 Å². The summed E-state index contributed by atoms with van der Waals surface area (Å²) >= 11 is 0. The molecule has 30 heavy (non-hydrogen) atoms. The Bertz CT molecular complexity index is 838. The van der Waals surface area contributed by atoms with Crippen LogP contribution in [0.4, 0.5) is 0 Å². The van der Waals surface area contributed by atoms with Crippen LogP contribution in [0.15, 0.2) is 48.7 Å². The Morgan fingerprint density at radius 2 is 1.80 bits per heavy atom. The van der Waals surface area contributed by atoms with Crippen LogP contribution in [0, 0.1) is 0 Å². The van der Waals surface area contributed by atoms with Crippen molar-refractivity contribution in [2.75, 3.05) is 39.3 Å². The number of carbonyl (C=O) groups excluding carboxylic acids is 1. The standard InChI is InChI=1S/C24H32N4O2/c25-23(29)24(22-10-3-4-12-26-22)11-7-15-28(19-24)18-20-8-1-2-9-21(20)30-17-16-27-13-5-6-14-27/h1-4,8-10,12H,5-7,11,13-19H2,(H2,25,29)/t24-/m0/s1. The van der Waals surface area contributed by atoms with Gasteiger partial charge in [-0.3, -0.25) is 19.6 Å². The van der Waals surface area contributed by atoms with Crippen LogP contribution in [0.5, 0.6) is 5.75 Å². The number of para-hydroxylation sites is 1. The molecule has 1 aromatic carbocycles. The van der Waals surface area contributed by atoms with E-state index in [9.17, 15) is 4.79 Å². The van der Waals surface area contributed by atoms with Gasteiger partial charge in [-0.15, -0.1) is 0 Å². The van der Waals surface area contributed by atoms with Gasteiger partial charge < -0.3 is 10.5 Å². The number of primary amides is 1. The summed E-state index contributed by atoms with van der Waals surface area (Å²) in [5, 5.41) is 0. The Hall–Kier alpha value is -2.44. The Morgan fingerprint density at radius 3 is 2.57 bits per heavy atom. The monoisotopic (exact) mass is 408 g/mol. The molecule has 160 valence electrons. The van der Waals surface area contributed by atoms with Crippen LogP contribution in [0.3, 0.4) is 0 Å². The summed E-state index contributed by atoms with van der Waals surface area (Å²) in [6.07, 6.45) is 5.98. The maximum absolute atomic E-state index is 12.5. The lowest BCUT2D eigenvalue weighted by atomic mass is 9.76. The molecule has 6 heteroatoms. The highest BCUT2D eigenvalue weighted by molar-refractivity contribution is 5.86. The Kier molecular flexibility index (Phi) is 6.65. The molecule has 2 fully saturated rings. The summed E-state index contributed by atoms with van der Waals surface area (Å²) in [5.41, 5.74) is 7.11. The molecule has 0 aliphatic carbocycles. The molecule has 0 bridgehead atoms. The summed E-state index contributed by atoms with van der Waals surface area (Å²) in [5.74, 6) is 0.644. The van der Waals surface area contributed by atoms with E-state index in [0.717, 1.165) is 49.5 Å². The van der Waals surface area contributed by atoms with Crippen molar-refractivity contribution in [3.05, 3.63) is 59.9 Å². The first-order chi connectivity index (χ1) is 14.7. The summed E-state index contributed by atoms with van der Waals surface area (Å²) < 4.78 is 6.15. The topological polar surface area (TPSA) is 71.7 Å². The van der Waals surface area contributed by atoms with Crippen molar-refractivity contribution >= 4 is 5.91 Å². The number of piperidine rings is 1. The number of rotatable bonds is 8. The number of benzene rings is 1. The number of ether oxygens (including phenoxy) is 1. The van der Waals surface area contributed by atoms with Crippen LogP contribution in [-0.2, 0) is 16.8 Å². The molecule has 3 heterocycles. The smallest absolute Gasteiger partial charge is 0.230 e. The molecular weight excluding hydrogens is 376 g/mol. The molecule has 0 unspecified atom stereocenters. The molecular formula is C24H32N4O2. The molecule has 2 saturated heterocycles. The van der Waals surface area contributed by atoms with Crippen LogP contribution < -0.4 is 10.5 Å². The van der Waals surface area contributed by atoms with E-state index in [2.05, 4.69) is 20.9 Å². The lowest BCUT2D eigenvalue weighted by molar-refractivity contribution is -0.126. The normalized spacial score (nSPS) is 22.8. The van der Waals surface area contributed by atoms with Crippen molar-refractivity contribution in [1.29, 1.82) is 0 Å². The SMILES string of the molecule is NC(=O)[C@@]1(c2ccccn2)CCCN(Cc2ccccc2OCCN2CCCC2)C1. The Labute approximate surface area is 179 Å². The van der Waals surface area contributed by atoms with Gasteiger partial charge in [0.15, 0.2) is 0 Å². The third-order valence-electron chi connectivity index (χ3n) is 6.43. The lowest BCUT2D eigenvalue weighted by Crippen LogP contribution is -2.53. The zero-order chi connectivity index (χ0) is 20.8. The van der Waals surface area contributed by atoms with Gasteiger partial charge in [0.25, 0.3) is 0 Å². The highest BCUT2D eigenvalue weighted by atomic mass is 16.5. The molecule has 1 atom stereocenters. The van der Waals surface area contributed by atoms with E-state index in [4.69, 9.17) is 10.5 Å². The second-order valence-electron chi connectivity index (χ2n) is 8.48. The fourth-order valence-electron chi connectivity index (χ4n) is 4.77. The maximum atomic E-state index is 12.5. The summed E-state index contributed by atoms with van der Waals surface area (Å²) in [4.78, 5) is 21.8. The van der Waals surface area contributed by atoms with Crippen LogP contribution in [0.1, 0.15) is 36.9 Å². The van der Waals surface area contributed by atoms with E-state index in [1.54, 1.807) is 6.20 Å². The molecule has 0 spiro atoms. The summed E-state index contributed by atoms with van der Waals surface area (Å²) in [6, 6.07) is 13.9. The largest absolute Gasteiger partial charge is 0.492 e. The van der Waals surface area contributed by atoms with Crippen LogP contribution in [0.2, 0.25) is 0 Å². The average Bonchev–Trinajstić information content (AvgIpc) is 3.29. The van der Waals surface area contributed by atoms with Crippen LogP contribution in [-0.4, -0.2) is 60.0 Å². The Balaban J connectivity index is 1.44. The predicted octanol–water partition coefficient (Wildman–Crippen LogP) is 2.58. The number of nitrogens with two attached hydrogens (primary N) is 1. The number of hydrogen-bond acceptors (Lipinski definition) is 5. The van der Waals surface area contributed by atoms with E-state index < -0.39 is 5.41 Å². The number of aromatic nitrogens is 1. The number of carbonyl (C=O) groups is 1. The molecule has 0 radical (unpaired) electrons. The minimum absolute atomic E-state index is 0.291. The zero-order valence-electron chi connectivity index (χ0n) is 17.6. The van der Waals surface area contributed by atoms with Gasteiger partial charge in [0, 0.05) is 31.4 Å². The number of amides is 1. The van der Waals surface area contributed by atoms with E-state index in [-0.39, 0.29) is 5.91 Å². The van der Waals surface area contributed by atoms with Gasteiger partial charge in [-0.2, -0.15) is 0 Å². The van der Waals surface area contributed by atoms with Gasteiger partial charge >= 0.3 is 0 Å². The zero-order valence-corrected chi connectivity index (χ0v) is 17.6. The third-order valence-corrected chi connectivity index (χ3v) is 6.43. The van der Waals surface area contributed by atoms with Gasteiger partial charge in [-0.05, 0) is 63.5 Å². The second-order valence-corrected chi connectivity index (χ2v) is 8.48. The van der Waals surface area contributed by atoms with Crippen molar-refractivity contribution in [1.82, 2.24) is 14.8 Å². The molecule has 4 rings (SSSR count). The van der Waals surface area contributed by atoms with Crippen LogP contribution in [0.25, 0.3) is 0 Å². The Morgan fingerprint density at radius 1 is 1.03 bits per heavy atom. The van der Waals surface area contributed by atoms with Gasteiger partial charge in [0.05, 0.1) is 5.69 Å². The predicted molar refractivity (Wildman–Crippen MR) is 117 cm³/mol. The highest BCUT2D eigenvalue weighted by Crippen LogP contribution is 2.34. The number of pyridine rings is 1. The van der Waals surface area contributed by atoms with Gasteiger partial charge in [-0.1, -0.05) is 24.3 Å². The minimum Gasteiger partial charge on any atom is -0.492 e. The van der Waals surface area contributed by atoms with Crippen molar-refractivity contribution in [3.8, 4) is 5.75 Å². The fourth-order valence-corrected chi connectivity index (χ4v) is 4.77. The van der Waals surface area contributed by atoms with E-state index in [1.807, 2.05) is 36.4 Å². The van der Waals surface area contributed by atoms with E-state index >= 15 is 0 Å². The van der Waals surface area contributed by atoms with Crippen molar-refractivity contribution in [2.24, 2.45) is 5.73 Å². The molecule has 2 N–H and O–H groups in total. The van der Waals surface area contributed by atoms with Gasteiger partial charge in [0.2, 0.25) is 5.91 Å². The highest BCUT2D eigenvalue weighted by Gasteiger charge is 2.43. The minimum atomic E-state index is -0.731. The number of nitrogens with zero attached hydrogens (tertiary/aromatic N) is 3. The third kappa shape index (κ3) is 4.65. The molecule has 2 aromatic rings. The maximum Gasteiger partial charge on any atom is 0.230 e. The quantitative estimate of drug-likeness (QED) is 0.727. The second kappa shape index (κ2) is 9.58. The molecule has 6 nitrogen and oxygen atoms in total. The van der Waals surface area contributed by atoms with Crippen LogP contribution >= 0.6 is 0 Å². The first kappa shape index (κ1) is 20.8. The first-order valence-corrected chi connectivity index (χ1v) is 11.0. The average molecular weight is 409 g/mol. The number of hydrogen-bond donors (Lipinski definition) is 1. The van der Waals surface area contributed by atoms with E-state index in [1.165, 1.54) is 25.9 Å². The number of likely N-dealkylation sites (tertiary alicyclic amines) is 2. The summed E-state index contributed by atoms with van der Waals surface area (Å²) in [6.45, 7) is 6.30. The summed E-state index contributed by atoms with van der Waals surface area (Å²) in [7, 11) is 0. The first-order valence-electron chi connectivity index (χ1n) is 11.0. The molecule has 2 aliphatic rings. The fraction of sp³-hybridized carbons (Fsp3) is 0.500. The van der Waals surface area contributed by atoms with Gasteiger partial charge in [0.1, 0.15) is 17.8 Å². The molecule has 1 amide bonds. The van der Waals surface area contributed by atoms with Crippen molar-refractivity contribution in [2.45, 2.75) is 37.6 Å². The van der Waals surface area contributed by atoms with E-state index in [0.29, 0.717) is 13.2 Å². The molecule has 2 aliphatic heterocycles.